The van der Waals surface area contributed by atoms with E-state index in [1.54, 1.807) is 6.92 Å². The van der Waals surface area contributed by atoms with Gasteiger partial charge in [-0.25, -0.2) is 23.0 Å². The van der Waals surface area contributed by atoms with Gasteiger partial charge in [0.1, 0.15) is 23.0 Å². The summed E-state index contributed by atoms with van der Waals surface area (Å²) in [6.07, 6.45) is 0.0430. The van der Waals surface area contributed by atoms with Crippen LogP contribution in [-0.4, -0.2) is 61.2 Å². The number of aryl methyl sites for hydroxylation is 2. The minimum atomic E-state index is -1.02. The van der Waals surface area contributed by atoms with Crippen LogP contribution in [0.15, 0.2) is 50.6 Å². The lowest BCUT2D eigenvalue weighted by Gasteiger charge is -2.05. The van der Waals surface area contributed by atoms with E-state index in [1.165, 1.54) is 24.3 Å². The zero-order chi connectivity index (χ0) is 32.9. The summed E-state index contributed by atoms with van der Waals surface area (Å²) in [5.74, 6) is -3.37. The summed E-state index contributed by atoms with van der Waals surface area (Å²) < 4.78 is 40.0. The highest BCUT2D eigenvalue weighted by Gasteiger charge is 2.20. The molecule has 0 atom stereocenters. The molecule has 2 aromatic carbocycles. The molecule has 45 heavy (non-hydrogen) atoms. The normalized spacial score (nSPS) is 10.9. The summed E-state index contributed by atoms with van der Waals surface area (Å²) in [4.78, 5) is 38.0. The molecule has 0 aliphatic heterocycles. The number of aliphatic carboxylic acids is 1. The molecule has 2 heterocycles. The molecule has 4 rings (SSSR count). The number of hydrogen-bond acceptors (Lipinski definition) is 12. The monoisotopic (exact) mass is 669 g/mol. The van der Waals surface area contributed by atoms with Crippen molar-refractivity contribution in [2.45, 2.75) is 32.6 Å². The van der Waals surface area contributed by atoms with E-state index in [4.69, 9.17) is 33.0 Å². The van der Waals surface area contributed by atoms with Crippen LogP contribution in [0.2, 0.25) is 10.0 Å². The molecule has 0 bridgehead atoms. The number of nitrogens with one attached hydrogen (secondary N) is 2. The largest absolute Gasteiger partial charge is 0.481 e. The first-order valence-electron chi connectivity index (χ1n) is 12.7. The van der Waals surface area contributed by atoms with Gasteiger partial charge < -0.3 is 15.2 Å². The number of amides is 1. The number of hydroxylamine groups is 1. The fourth-order valence-corrected chi connectivity index (χ4v) is 3.71. The maximum atomic E-state index is 13.1. The van der Waals surface area contributed by atoms with Gasteiger partial charge in [-0.15, -0.1) is 0 Å². The summed E-state index contributed by atoms with van der Waals surface area (Å²) >= 11 is 11.3. The quantitative estimate of drug-likeness (QED) is 0.0747. The second kappa shape index (κ2) is 16.7. The molecule has 0 fully saturated rings. The van der Waals surface area contributed by atoms with Crippen molar-refractivity contribution in [3.8, 4) is 0 Å². The van der Waals surface area contributed by atoms with Crippen molar-refractivity contribution < 1.29 is 47.5 Å². The van der Waals surface area contributed by atoms with E-state index >= 15 is 0 Å². The second-order valence-corrected chi connectivity index (χ2v) is 9.39. The van der Waals surface area contributed by atoms with Crippen molar-refractivity contribution >= 4 is 58.3 Å². The Morgan fingerprint density at radius 3 is 2.11 bits per heavy atom. The Bertz CT molecular complexity index is 1680. The molecule has 15 nitrogen and oxygen atoms in total. The molecule has 19 heteroatoms. The molecule has 1 amide bonds. The van der Waals surface area contributed by atoms with Gasteiger partial charge in [-0.05, 0) is 53.6 Å². The Kier molecular flexibility index (Phi) is 12.8. The van der Waals surface area contributed by atoms with Gasteiger partial charge in [0, 0.05) is 18.5 Å². The van der Waals surface area contributed by atoms with E-state index in [-0.39, 0.29) is 76.6 Å². The van der Waals surface area contributed by atoms with Crippen molar-refractivity contribution in [1.29, 1.82) is 0 Å². The SMILES string of the molecule is CCOC(=O)CCc1nonc1C(=O)Nc1ccc(F)c(Cl)c1.O=C(O)CCc1nonc1C(=Nc1ccc(F)c(Cl)c1)NO. The van der Waals surface area contributed by atoms with Crippen LogP contribution < -0.4 is 10.8 Å². The van der Waals surface area contributed by atoms with Gasteiger partial charge in [0.25, 0.3) is 5.91 Å². The van der Waals surface area contributed by atoms with Crippen LogP contribution in [0.5, 0.6) is 0 Å². The van der Waals surface area contributed by atoms with Crippen LogP contribution in [-0.2, 0) is 27.2 Å². The van der Waals surface area contributed by atoms with Gasteiger partial charge in [0.05, 0.1) is 35.2 Å². The first kappa shape index (κ1) is 34.5. The summed E-state index contributed by atoms with van der Waals surface area (Å²) in [5.41, 5.74) is 2.77. The second-order valence-electron chi connectivity index (χ2n) is 8.57. The predicted molar refractivity (Wildman–Crippen MR) is 151 cm³/mol. The molecule has 0 saturated carbocycles. The Balaban J connectivity index is 0.000000246. The number of carbonyl (C=O) groups excluding carboxylic acids is 2. The molecule has 0 aliphatic rings. The number of benzene rings is 2. The first-order chi connectivity index (χ1) is 21.5. The summed E-state index contributed by atoms with van der Waals surface area (Å²) in [7, 11) is 0. The summed E-state index contributed by atoms with van der Waals surface area (Å²) in [5, 5.41) is 34.3. The average molecular weight is 670 g/mol. The number of nitrogens with zero attached hydrogens (tertiary/aromatic N) is 5. The number of aliphatic imine (C=N–C) groups is 1. The number of halogens is 4. The zero-order valence-corrected chi connectivity index (χ0v) is 24.6. The Morgan fingerprint density at radius 1 is 0.911 bits per heavy atom. The fourth-order valence-electron chi connectivity index (χ4n) is 3.35. The Morgan fingerprint density at radius 2 is 1.51 bits per heavy atom. The number of carboxylic acid groups (broad SMARTS) is 1. The van der Waals surface area contributed by atoms with E-state index in [0.29, 0.717) is 5.69 Å². The molecular weight excluding hydrogens is 647 g/mol. The van der Waals surface area contributed by atoms with Crippen LogP contribution in [0.4, 0.5) is 20.2 Å². The number of carbonyl (C=O) groups is 3. The van der Waals surface area contributed by atoms with Crippen LogP contribution in [0.25, 0.3) is 0 Å². The van der Waals surface area contributed by atoms with E-state index < -0.39 is 29.5 Å². The molecule has 0 radical (unpaired) electrons. The molecule has 0 saturated heterocycles. The van der Waals surface area contributed by atoms with Crippen molar-refractivity contribution in [2.24, 2.45) is 4.99 Å². The minimum Gasteiger partial charge on any atom is -0.481 e. The van der Waals surface area contributed by atoms with Crippen molar-refractivity contribution in [2.75, 3.05) is 11.9 Å². The fraction of sp³-hybridized carbons (Fsp3) is 0.231. The molecule has 2 aromatic heterocycles. The van der Waals surface area contributed by atoms with Gasteiger partial charge in [0.2, 0.25) is 0 Å². The molecule has 0 unspecified atom stereocenters. The summed E-state index contributed by atoms with van der Waals surface area (Å²) in [6.45, 7) is 1.97. The number of rotatable bonds is 11. The molecular formula is C26H23Cl2F2N7O8. The van der Waals surface area contributed by atoms with Crippen molar-refractivity contribution in [1.82, 2.24) is 26.1 Å². The highest BCUT2D eigenvalue weighted by molar-refractivity contribution is 6.31. The molecule has 4 N–H and O–H groups in total. The maximum absolute atomic E-state index is 13.1. The standard InChI is InChI=1S/C14H13ClFN3O4.C12H10ClFN4O4/c1-2-22-12(20)6-5-11-13(19-23-18-11)14(21)17-8-3-4-10(16)9(15)7-8;13-7-5-6(1-2-8(7)14)15-12(16-21)11-9(17-22-18-11)3-4-10(19)20/h3-4,7H,2,5-6H2,1H3,(H,17,21);1-2,5,21H,3-4H2,(H,15,16)(H,19,20). The van der Waals surface area contributed by atoms with Crippen LogP contribution in [0, 0.1) is 11.6 Å². The number of carboxylic acids is 1. The lowest BCUT2D eigenvalue weighted by atomic mass is 10.2. The van der Waals surface area contributed by atoms with E-state index in [0.717, 1.165) is 12.1 Å². The average Bonchev–Trinajstić information content (AvgIpc) is 3.68. The number of esters is 1. The molecule has 4 aromatic rings. The predicted octanol–water partition coefficient (Wildman–Crippen LogP) is 4.55. The van der Waals surface area contributed by atoms with Gasteiger partial charge >= 0.3 is 11.9 Å². The highest BCUT2D eigenvalue weighted by atomic mass is 35.5. The number of ether oxygens (including phenoxy) is 1. The number of hydrogen-bond donors (Lipinski definition) is 4. The smallest absolute Gasteiger partial charge is 0.306 e. The topological polar surface area (TPSA) is 215 Å². The van der Waals surface area contributed by atoms with Crippen LogP contribution in [0.1, 0.15) is 47.3 Å². The van der Waals surface area contributed by atoms with Crippen LogP contribution >= 0.6 is 23.2 Å². The number of amidine groups is 1. The third-order valence-electron chi connectivity index (χ3n) is 5.43. The minimum absolute atomic E-state index is 0.0407. The third-order valence-corrected chi connectivity index (χ3v) is 6.01. The molecule has 0 aliphatic carbocycles. The first-order valence-corrected chi connectivity index (χ1v) is 13.5. The number of aromatic nitrogens is 4. The third kappa shape index (κ3) is 10.3. The lowest BCUT2D eigenvalue weighted by Crippen LogP contribution is -2.22. The van der Waals surface area contributed by atoms with Gasteiger partial charge in [-0.3, -0.25) is 25.1 Å². The summed E-state index contributed by atoms with van der Waals surface area (Å²) in [6, 6.07) is 7.44. The van der Waals surface area contributed by atoms with Crippen molar-refractivity contribution in [3.05, 3.63) is 80.9 Å². The zero-order valence-electron chi connectivity index (χ0n) is 23.1. The van der Waals surface area contributed by atoms with E-state index in [2.05, 4.69) is 40.2 Å². The Labute approximate surface area is 262 Å². The highest BCUT2D eigenvalue weighted by Crippen LogP contribution is 2.23. The lowest BCUT2D eigenvalue weighted by molar-refractivity contribution is -0.143. The van der Waals surface area contributed by atoms with E-state index in [1.807, 2.05) is 5.48 Å². The van der Waals surface area contributed by atoms with Gasteiger partial charge in [0.15, 0.2) is 17.2 Å². The van der Waals surface area contributed by atoms with E-state index in [9.17, 15) is 28.4 Å². The van der Waals surface area contributed by atoms with Gasteiger partial charge in [-0.1, -0.05) is 33.5 Å². The molecule has 238 valence electrons. The van der Waals surface area contributed by atoms with Crippen molar-refractivity contribution in [3.63, 3.8) is 0 Å². The molecule has 0 spiro atoms. The maximum Gasteiger partial charge on any atom is 0.306 e. The van der Waals surface area contributed by atoms with Gasteiger partial charge in [-0.2, -0.15) is 0 Å². The number of anilines is 1. The Hall–Kier alpha value is -5.00. The van der Waals surface area contributed by atoms with Crippen LogP contribution in [0.3, 0.4) is 0 Å².